The molecule has 0 spiro atoms. The highest BCUT2D eigenvalue weighted by Crippen LogP contribution is 2.20. The van der Waals surface area contributed by atoms with Crippen molar-refractivity contribution < 1.29 is 17.9 Å². The van der Waals surface area contributed by atoms with Crippen molar-refractivity contribution in [3.05, 3.63) is 54.1 Å². The molecule has 0 aromatic heterocycles. The number of anilines is 1. The Labute approximate surface area is 161 Å². The van der Waals surface area contributed by atoms with Crippen LogP contribution in [-0.4, -0.2) is 38.3 Å². The largest absolute Gasteiger partial charge is 0.494 e. The van der Waals surface area contributed by atoms with Gasteiger partial charge < -0.3 is 10.1 Å². The van der Waals surface area contributed by atoms with Gasteiger partial charge in [0.05, 0.1) is 18.0 Å². The van der Waals surface area contributed by atoms with Crippen molar-refractivity contribution in [3.8, 4) is 5.75 Å². The molecule has 0 aliphatic carbocycles. The van der Waals surface area contributed by atoms with Crippen LogP contribution in [0.2, 0.25) is 0 Å². The van der Waals surface area contributed by atoms with Gasteiger partial charge >= 0.3 is 0 Å². The lowest BCUT2D eigenvalue weighted by Gasteiger charge is -2.20. The maximum absolute atomic E-state index is 12.8. The van der Waals surface area contributed by atoms with Crippen LogP contribution in [0.15, 0.2) is 53.4 Å². The molecule has 2 aromatic rings. The first kappa shape index (κ1) is 20.9. The van der Waals surface area contributed by atoms with E-state index < -0.39 is 10.0 Å². The monoisotopic (exact) mass is 390 g/mol. The quantitative estimate of drug-likeness (QED) is 0.713. The number of aryl methyl sites for hydroxylation is 1. The fourth-order valence-corrected chi connectivity index (χ4v) is 3.98. The van der Waals surface area contributed by atoms with Crippen molar-refractivity contribution in [1.82, 2.24) is 4.31 Å². The number of nitrogens with one attached hydrogen (secondary N) is 1. The molecule has 1 N–H and O–H groups in total. The number of carbonyl (C=O) groups excluding carboxylic acids is 1. The van der Waals surface area contributed by atoms with Gasteiger partial charge in [0, 0.05) is 12.2 Å². The summed E-state index contributed by atoms with van der Waals surface area (Å²) in [4.78, 5) is 12.4. The number of carbonyl (C=O) groups is 1. The van der Waals surface area contributed by atoms with E-state index in [1.807, 2.05) is 31.2 Å². The molecule has 6 nitrogen and oxygen atoms in total. The molecule has 0 unspecified atom stereocenters. The minimum absolute atomic E-state index is 0.132. The molecule has 0 saturated heterocycles. The summed E-state index contributed by atoms with van der Waals surface area (Å²) >= 11 is 0. The lowest BCUT2D eigenvalue weighted by atomic mass is 10.1. The number of amides is 1. The smallest absolute Gasteiger partial charge is 0.243 e. The second kappa shape index (κ2) is 9.53. The van der Waals surface area contributed by atoms with Crippen LogP contribution in [0.1, 0.15) is 26.3 Å². The standard InChI is InChI=1S/C20H26N2O4S/c1-4-16-7-9-17(10-8-16)21-20(23)15-22(5-2)27(24,25)19-13-11-18(12-14-19)26-6-3/h7-14H,4-6,15H2,1-3H3,(H,21,23). The van der Waals surface area contributed by atoms with Crippen molar-refractivity contribution in [2.45, 2.75) is 32.1 Å². The van der Waals surface area contributed by atoms with Crippen LogP contribution < -0.4 is 10.1 Å². The van der Waals surface area contributed by atoms with E-state index in [2.05, 4.69) is 12.2 Å². The maximum Gasteiger partial charge on any atom is 0.243 e. The number of ether oxygens (including phenoxy) is 1. The van der Waals surface area contributed by atoms with Gasteiger partial charge in [0.1, 0.15) is 5.75 Å². The summed E-state index contributed by atoms with van der Waals surface area (Å²) in [7, 11) is -3.76. The van der Waals surface area contributed by atoms with E-state index >= 15 is 0 Å². The van der Waals surface area contributed by atoms with Gasteiger partial charge in [0.25, 0.3) is 0 Å². The van der Waals surface area contributed by atoms with E-state index in [0.717, 1.165) is 10.7 Å². The normalized spacial score (nSPS) is 11.4. The fraction of sp³-hybridized carbons (Fsp3) is 0.350. The second-order valence-corrected chi connectivity index (χ2v) is 7.87. The summed E-state index contributed by atoms with van der Waals surface area (Å²) in [6.07, 6.45) is 0.915. The number of hydrogen-bond acceptors (Lipinski definition) is 4. The summed E-state index contributed by atoms with van der Waals surface area (Å²) in [6.45, 7) is 6.07. The number of sulfonamides is 1. The van der Waals surface area contributed by atoms with Crippen molar-refractivity contribution in [3.63, 3.8) is 0 Å². The van der Waals surface area contributed by atoms with Gasteiger partial charge in [-0.05, 0) is 55.3 Å². The molecule has 0 bridgehead atoms. The SMILES string of the molecule is CCOc1ccc(S(=O)(=O)N(CC)CC(=O)Nc2ccc(CC)cc2)cc1. The number of rotatable bonds is 9. The van der Waals surface area contributed by atoms with Crippen LogP contribution >= 0.6 is 0 Å². The van der Waals surface area contributed by atoms with Gasteiger partial charge in [-0.2, -0.15) is 4.31 Å². The Morgan fingerprint density at radius 2 is 1.63 bits per heavy atom. The first-order valence-electron chi connectivity index (χ1n) is 9.02. The van der Waals surface area contributed by atoms with Crippen LogP contribution in [0.5, 0.6) is 5.75 Å². The minimum atomic E-state index is -3.76. The molecule has 146 valence electrons. The molecule has 0 aliphatic heterocycles. The van der Waals surface area contributed by atoms with Crippen LogP contribution in [0.25, 0.3) is 0 Å². The lowest BCUT2D eigenvalue weighted by molar-refractivity contribution is -0.116. The molecular formula is C20H26N2O4S. The van der Waals surface area contributed by atoms with Gasteiger partial charge in [-0.25, -0.2) is 8.42 Å². The number of hydrogen-bond donors (Lipinski definition) is 1. The summed E-state index contributed by atoms with van der Waals surface area (Å²) in [5, 5.41) is 2.74. The molecule has 27 heavy (non-hydrogen) atoms. The van der Waals surface area contributed by atoms with Gasteiger partial charge in [0.15, 0.2) is 0 Å². The molecule has 0 saturated carbocycles. The summed E-state index contributed by atoms with van der Waals surface area (Å²) in [5.74, 6) is 0.225. The summed E-state index contributed by atoms with van der Waals surface area (Å²) in [5.41, 5.74) is 1.81. The highest BCUT2D eigenvalue weighted by atomic mass is 32.2. The van der Waals surface area contributed by atoms with Gasteiger partial charge in [-0.3, -0.25) is 4.79 Å². The summed E-state index contributed by atoms with van der Waals surface area (Å²) in [6, 6.07) is 13.7. The van der Waals surface area contributed by atoms with Gasteiger partial charge in [0.2, 0.25) is 15.9 Å². The third-order valence-corrected chi connectivity index (χ3v) is 6.03. The Morgan fingerprint density at radius 1 is 1.00 bits per heavy atom. The van der Waals surface area contributed by atoms with Crippen molar-refractivity contribution in [1.29, 1.82) is 0 Å². The Bertz CT molecular complexity index is 847. The minimum Gasteiger partial charge on any atom is -0.494 e. The third-order valence-electron chi connectivity index (χ3n) is 4.09. The van der Waals surface area contributed by atoms with Gasteiger partial charge in [-0.1, -0.05) is 26.0 Å². The van der Waals surface area contributed by atoms with Crippen LogP contribution in [-0.2, 0) is 21.2 Å². The molecule has 0 fully saturated rings. The molecule has 2 aromatic carbocycles. The van der Waals surface area contributed by atoms with E-state index in [4.69, 9.17) is 4.74 Å². The topological polar surface area (TPSA) is 75.7 Å². The molecule has 2 rings (SSSR count). The van der Waals surface area contributed by atoms with E-state index in [-0.39, 0.29) is 23.9 Å². The number of nitrogens with zero attached hydrogens (tertiary/aromatic N) is 1. The van der Waals surface area contributed by atoms with Crippen LogP contribution in [0, 0.1) is 0 Å². The Morgan fingerprint density at radius 3 is 2.15 bits per heavy atom. The average Bonchev–Trinajstić information content (AvgIpc) is 2.67. The van der Waals surface area contributed by atoms with Crippen LogP contribution in [0.3, 0.4) is 0 Å². The molecular weight excluding hydrogens is 364 g/mol. The van der Waals surface area contributed by atoms with E-state index in [1.165, 1.54) is 17.7 Å². The number of benzene rings is 2. The van der Waals surface area contributed by atoms with Crippen molar-refractivity contribution in [2.24, 2.45) is 0 Å². The first-order valence-corrected chi connectivity index (χ1v) is 10.5. The Balaban J connectivity index is 2.08. The first-order chi connectivity index (χ1) is 12.9. The van der Waals surface area contributed by atoms with E-state index in [0.29, 0.717) is 18.0 Å². The second-order valence-electron chi connectivity index (χ2n) is 5.93. The molecule has 0 aliphatic rings. The number of likely N-dealkylation sites (N-methyl/N-ethyl adjacent to an activating group) is 1. The van der Waals surface area contributed by atoms with Gasteiger partial charge in [-0.15, -0.1) is 0 Å². The zero-order valence-corrected chi connectivity index (χ0v) is 16.8. The van der Waals surface area contributed by atoms with E-state index in [9.17, 15) is 13.2 Å². The highest BCUT2D eigenvalue weighted by molar-refractivity contribution is 7.89. The zero-order valence-electron chi connectivity index (χ0n) is 15.9. The molecule has 7 heteroatoms. The zero-order chi connectivity index (χ0) is 19.9. The Hall–Kier alpha value is -2.38. The van der Waals surface area contributed by atoms with Crippen LogP contribution in [0.4, 0.5) is 5.69 Å². The predicted octanol–water partition coefficient (Wildman–Crippen LogP) is 3.30. The highest BCUT2D eigenvalue weighted by Gasteiger charge is 2.25. The Kier molecular flexibility index (Phi) is 7.38. The third kappa shape index (κ3) is 5.55. The summed E-state index contributed by atoms with van der Waals surface area (Å²) < 4.78 is 32.1. The predicted molar refractivity (Wildman–Crippen MR) is 106 cm³/mol. The lowest BCUT2D eigenvalue weighted by Crippen LogP contribution is -2.37. The van der Waals surface area contributed by atoms with E-state index in [1.54, 1.807) is 19.1 Å². The molecule has 0 radical (unpaired) electrons. The fourth-order valence-electron chi connectivity index (χ4n) is 2.57. The van der Waals surface area contributed by atoms with Crippen molar-refractivity contribution >= 4 is 21.6 Å². The maximum atomic E-state index is 12.8. The average molecular weight is 391 g/mol. The molecule has 0 heterocycles. The molecule has 1 amide bonds. The molecule has 0 atom stereocenters. The van der Waals surface area contributed by atoms with Crippen molar-refractivity contribution in [2.75, 3.05) is 25.0 Å².